The molecule has 0 saturated heterocycles. The molecule has 0 heterocycles. The minimum Gasteiger partial charge on any atom is -0.316 e. The van der Waals surface area contributed by atoms with Crippen LogP contribution >= 0.6 is 0 Å². The van der Waals surface area contributed by atoms with Gasteiger partial charge in [-0.3, -0.25) is 0 Å². The van der Waals surface area contributed by atoms with Crippen LogP contribution in [0.2, 0.25) is 0 Å². The molecule has 0 fully saturated rings. The minimum absolute atomic E-state index is 0.967. The molecule has 0 radical (unpaired) electrons. The summed E-state index contributed by atoms with van der Waals surface area (Å²) < 4.78 is 0. The van der Waals surface area contributed by atoms with Crippen LogP contribution in [0.4, 0.5) is 0 Å². The molecule has 0 unspecified atom stereocenters. The van der Waals surface area contributed by atoms with Gasteiger partial charge in [0.15, 0.2) is 0 Å². The van der Waals surface area contributed by atoms with Gasteiger partial charge in [0.25, 0.3) is 0 Å². The van der Waals surface area contributed by atoms with Crippen LogP contribution in [-0.4, -0.2) is 7.05 Å². The number of hydrogen-bond acceptors (Lipinski definition) is 1. The van der Waals surface area contributed by atoms with Gasteiger partial charge in [0, 0.05) is 6.54 Å². The monoisotopic (exact) mass is 221 g/mol. The third-order valence-electron chi connectivity index (χ3n) is 2.47. The molecule has 0 amide bonds. The smallest absolute Gasteiger partial charge is 0.0202 e. The highest BCUT2D eigenvalue weighted by atomic mass is 14.8. The van der Waals surface area contributed by atoms with Gasteiger partial charge in [-0.2, -0.15) is 0 Å². The summed E-state index contributed by atoms with van der Waals surface area (Å²) in [4.78, 5) is 0. The fourth-order valence-electron chi connectivity index (χ4n) is 1.61. The lowest BCUT2D eigenvalue weighted by Gasteiger charge is -2.03. The van der Waals surface area contributed by atoms with Crippen molar-refractivity contribution in [2.45, 2.75) is 53.0 Å². The number of hydrogen-bond donors (Lipinski definition) is 1. The van der Waals surface area contributed by atoms with E-state index in [0.717, 1.165) is 6.54 Å². The van der Waals surface area contributed by atoms with Crippen LogP contribution in [-0.2, 0) is 13.0 Å². The average Bonchev–Trinajstić information content (AvgIpc) is 2.35. The van der Waals surface area contributed by atoms with Gasteiger partial charge in [0.05, 0.1) is 0 Å². The van der Waals surface area contributed by atoms with Gasteiger partial charge in [0.2, 0.25) is 0 Å². The molecule has 0 spiro atoms. The molecule has 0 aromatic heterocycles. The lowest BCUT2D eigenvalue weighted by Crippen LogP contribution is -2.04. The zero-order valence-corrected chi connectivity index (χ0v) is 11.3. The molecule has 0 saturated carbocycles. The Morgan fingerprint density at radius 2 is 1.50 bits per heavy atom. The highest BCUT2D eigenvalue weighted by Gasteiger charge is 1.94. The SMILES string of the molecule is CC.CCCCCc1ccc(CNC)cc1. The summed E-state index contributed by atoms with van der Waals surface area (Å²) in [6.45, 7) is 7.21. The van der Waals surface area contributed by atoms with Gasteiger partial charge in [-0.25, -0.2) is 0 Å². The van der Waals surface area contributed by atoms with E-state index in [-0.39, 0.29) is 0 Å². The van der Waals surface area contributed by atoms with E-state index >= 15 is 0 Å². The molecule has 0 bridgehead atoms. The first-order valence-electron chi connectivity index (χ1n) is 6.59. The van der Waals surface area contributed by atoms with Gasteiger partial charge in [0.1, 0.15) is 0 Å². The van der Waals surface area contributed by atoms with Crippen LogP contribution in [0.1, 0.15) is 51.2 Å². The summed E-state index contributed by atoms with van der Waals surface area (Å²) in [7, 11) is 1.98. The van der Waals surface area contributed by atoms with Gasteiger partial charge < -0.3 is 5.32 Å². The molecule has 92 valence electrons. The number of aryl methyl sites for hydroxylation is 1. The molecule has 1 nitrogen and oxygen atoms in total. The average molecular weight is 221 g/mol. The molecule has 16 heavy (non-hydrogen) atoms. The highest BCUT2D eigenvalue weighted by molar-refractivity contribution is 5.22. The summed E-state index contributed by atoms with van der Waals surface area (Å²) in [5, 5.41) is 3.16. The quantitative estimate of drug-likeness (QED) is 0.711. The molecule has 1 aromatic rings. The van der Waals surface area contributed by atoms with Crippen LogP contribution in [0.3, 0.4) is 0 Å². The summed E-state index contributed by atoms with van der Waals surface area (Å²) in [6.07, 6.45) is 5.20. The summed E-state index contributed by atoms with van der Waals surface area (Å²) in [5.74, 6) is 0. The number of nitrogens with one attached hydrogen (secondary N) is 1. The lowest BCUT2D eigenvalue weighted by atomic mass is 10.1. The van der Waals surface area contributed by atoms with Gasteiger partial charge in [-0.05, 0) is 31.0 Å². The second-order valence-corrected chi connectivity index (χ2v) is 3.80. The fraction of sp³-hybridized carbons (Fsp3) is 0.600. The second kappa shape index (κ2) is 10.7. The predicted octanol–water partition coefficient (Wildman–Crippen LogP) is 4.16. The minimum atomic E-state index is 0.967. The van der Waals surface area contributed by atoms with Crippen molar-refractivity contribution in [3.8, 4) is 0 Å². The normalized spacial score (nSPS) is 9.50. The third-order valence-corrected chi connectivity index (χ3v) is 2.47. The van der Waals surface area contributed by atoms with Crippen molar-refractivity contribution >= 4 is 0 Å². The molecule has 0 aliphatic rings. The van der Waals surface area contributed by atoms with Crippen LogP contribution in [0.25, 0.3) is 0 Å². The molecule has 0 aliphatic carbocycles. The van der Waals surface area contributed by atoms with E-state index in [0.29, 0.717) is 0 Å². The maximum atomic E-state index is 3.16. The molecule has 1 aromatic carbocycles. The summed E-state index contributed by atoms with van der Waals surface area (Å²) in [5.41, 5.74) is 2.84. The van der Waals surface area contributed by atoms with E-state index in [9.17, 15) is 0 Å². The van der Waals surface area contributed by atoms with Crippen molar-refractivity contribution in [2.24, 2.45) is 0 Å². The van der Waals surface area contributed by atoms with E-state index in [2.05, 4.69) is 36.5 Å². The van der Waals surface area contributed by atoms with Crippen molar-refractivity contribution < 1.29 is 0 Å². The largest absolute Gasteiger partial charge is 0.316 e. The Balaban J connectivity index is 0.00000106. The maximum Gasteiger partial charge on any atom is 0.0202 e. The van der Waals surface area contributed by atoms with Gasteiger partial charge in [-0.15, -0.1) is 0 Å². The van der Waals surface area contributed by atoms with Crippen LogP contribution < -0.4 is 5.32 Å². The Bertz CT molecular complexity index is 238. The molecule has 1 N–H and O–H groups in total. The first-order valence-corrected chi connectivity index (χ1v) is 6.59. The highest BCUT2D eigenvalue weighted by Crippen LogP contribution is 2.08. The van der Waals surface area contributed by atoms with E-state index in [4.69, 9.17) is 0 Å². The van der Waals surface area contributed by atoms with E-state index in [1.807, 2.05) is 20.9 Å². The van der Waals surface area contributed by atoms with Crippen LogP contribution in [0.5, 0.6) is 0 Å². The number of benzene rings is 1. The van der Waals surface area contributed by atoms with Crippen molar-refractivity contribution in [1.29, 1.82) is 0 Å². The number of rotatable bonds is 6. The summed E-state index contributed by atoms with van der Waals surface area (Å²) >= 11 is 0. The Morgan fingerprint density at radius 1 is 0.938 bits per heavy atom. The van der Waals surface area contributed by atoms with E-state index < -0.39 is 0 Å². The molecular formula is C15H27N. The molecular weight excluding hydrogens is 194 g/mol. The van der Waals surface area contributed by atoms with Crippen molar-refractivity contribution in [3.63, 3.8) is 0 Å². The standard InChI is InChI=1S/C13H21N.C2H6/c1-3-4-5-6-12-7-9-13(10-8-12)11-14-2;1-2/h7-10,14H,3-6,11H2,1-2H3;1-2H3. The van der Waals surface area contributed by atoms with Crippen LogP contribution in [0, 0.1) is 0 Å². The van der Waals surface area contributed by atoms with Crippen molar-refractivity contribution in [1.82, 2.24) is 5.32 Å². The molecule has 0 aliphatic heterocycles. The Hall–Kier alpha value is -0.820. The number of unbranched alkanes of at least 4 members (excludes halogenated alkanes) is 2. The summed E-state index contributed by atoms with van der Waals surface area (Å²) in [6, 6.07) is 8.94. The van der Waals surface area contributed by atoms with Crippen molar-refractivity contribution in [3.05, 3.63) is 35.4 Å². The topological polar surface area (TPSA) is 12.0 Å². The first-order chi connectivity index (χ1) is 7.86. The Labute approximate surface area is 101 Å². The Kier molecular flexibility index (Phi) is 10.1. The lowest BCUT2D eigenvalue weighted by molar-refractivity contribution is 0.717. The molecule has 0 atom stereocenters. The third kappa shape index (κ3) is 6.62. The maximum absolute atomic E-state index is 3.16. The van der Waals surface area contributed by atoms with Gasteiger partial charge in [-0.1, -0.05) is 57.9 Å². The zero-order valence-electron chi connectivity index (χ0n) is 11.3. The Morgan fingerprint density at radius 3 is 2.00 bits per heavy atom. The van der Waals surface area contributed by atoms with Crippen molar-refractivity contribution in [2.75, 3.05) is 7.05 Å². The van der Waals surface area contributed by atoms with E-state index in [1.165, 1.54) is 36.8 Å². The van der Waals surface area contributed by atoms with Gasteiger partial charge >= 0.3 is 0 Å². The van der Waals surface area contributed by atoms with E-state index in [1.54, 1.807) is 0 Å². The molecule has 1 heteroatoms. The second-order valence-electron chi connectivity index (χ2n) is 3.80. The predicted molar refractivity (Wildman–Crippen MR) is 73.8 cm³/mol. The fourth-order valence-corrected chi connectivity index (χ4v) is 1.61. The zero-order chi connectivity index (χ0) is 12.2. The first kappa shape index (κ1) is 15.2. The molecule has 1 rings (SSSR count). The van der Waals surface area contributed by atoms with Crippen LogP contribution in [0.15, 0.2) is 24.3 Å².